The summed E-state index contributed by atoms with van der Waals surface area (Å²) in [5, 5.41) is 0. The van der Waals surface area contributed by atoms with Gasteiger partial charge < -0.3 is 4.90 Å². The zero-order valence-electron chi connectivity index (χ0n) is 26.7. The minimum absolute atomic E-state index is 1.10. The Hall–Kier alpha value is -3.92. The van der Waals surface area contributed by atoms with Gasteiger partial charge in [-0.1, -0.05) is 86.5 Å². The third kappa shape index (κ3) is 6.30. The van der Waals surface area contributed by atoms with E-state index in [1.807, 2.05) is 0 Å². The van der Waals surface area contributed by atoms with Crippen LogP contribution in [0.25, 0.3) is 33.4 Å². The molecule has 45 heavy (non-hydrogen) atoms. The van der Waals surface area contributed by atoms with Crippen molar-refractivity contribution >= 4 is 48.9 Å². The second-order valence-electron chi connectivity index (χ2n) is 12.1. The van der Waals surface area contributed by atoms with Gasteiger partial charge in [0.25, 0.3) is 0 Å². The highest BCUT2D eigenvalue weighted by Crippen LogP contribution is 2.41. The molecule has 224 valence electrons. The predicted octanol–water partition coefficient (Wildman–Crippen LogP) is 13.5. The molecule has 6 aromatic carbocycles. The molecule has 0 unspecified atom stereocenters. The average molecular weight is 716 g/mol. The summed E-state index contributed by atoms with van der Waals surface area (Å²) in [6, 6.07) is 42.2. The average Bonchev–Trinajstić information content (AvgIpc) is 2.99. The van der Waals surface area contributed by atoms with Crippen LogP contribution in [0, 0.1) is 41.5 Å². The molecule has 0 spiro atoms. The van der Waals surface area contributed by atoms with Crippen LogP contribution in [0.4, 0.5) is 17.1 Å². The lowest BCUT2D eigenvalue weighted by molar-refractivity contribution is 1.25. The minimum Gasteiger partial charge on any atom is -0.310 e. The predicted molar refractivity (Wildman–Crippen MR) is 201 cm³/mol. The third-order valence-corrected chi connectivity index (χ3v) is 9.78. The van der Waals surface area contributed by atoms with Crippen molar-refractivity contribution in [1.29, 1.82) is 0 Å². The summed E-state index contributed by atoms with van der Waals surface area (Å²) in [6.45, 7) is 13.2. The van der Waals surface area contributed by atoms with E-state index in [1.54, 1.807) is 0 Å². The van der Waals surface area contributed by atoms with Crippen molar-refractivity contribution in [3.63, 3.8) is 0 Å². The molecule has 3 heteroatoms. The van der Waals surface area contributed by atoms with Crippen molar-refractivity contribution in [1.82, 2.24) is 0 Å². The van der Waals surface area contributed by atoms with E-state index in [4.69, 9.17) is 0 Å². The van der Waals surface area contributed by atoms with E-state index < -0.39 is 0 Å². The Balaban J connectivity index is 1.49. The fourth-order valence-corrected chi connectivity index (χ4v) is 7.40. The van der Waals surface area contributed by atoms with E-state index in [0.29, 0.717) is 0 Å². The van der Waals surface area contributed by atoms with E-state index in [9.17, 15) is 0 Å². The SMILES string of the molecule is Cc1ccccc1-c1ccc(N(c2ccc(-c3ccc(Br)cc3C)c(C)c2)c2ccc(-c3ccc(Br)cc3C)c(C)c2)cc1C. The smallest absolute Gasteiger partial charge is 0.0464 e. The van der Waals surface area contributed by atoms with Crippen LogP contribution in [-0.2, 0) is 0 Å². The Labute approximate surface area is 284 Å². The molecular formula is C42H37Br2N. The maximum atomic E-state index is 3.62. The fourth-order valence-electron chi connectivity index (χ4n) is 6.45. The van der Waals surface area contributed by atoms with Crippen LogP contribution in [-0.4, -0.2) is 0 Å². The van der Waals surface area contributed by atoms with Crippen molar-refractivity contribution in [3.8, 4) is 33.4 Å². The molecule has 6 rings (SSSR count). The molecule has 0 N–H and O–H groups in total. The summed E-state index contributed by atoms with van der Waals surface area (Å²) in [5.41, 5.74) is 18.6. The molecule has 6 aromatic rings. The molecule has 0 fully saturated rings. The van der Waals surface area contributed by atoms with E-state index in [2.05, 4.69) is 194 Å². The topological polar surface area (TPSA) is 3.24 Å². The van der Waals surface area contributed by atoms with Gasteiger partial charge in [0.05, 0.1) is 0 Å². The van der Waals surface area contributed by atoms with E-state index in [0.717, 1.165) is 26.0 Å². The summed E-state index contributed by atoms with van der Waals surface area (Å²) in [5.74, 6) is 0. The zero-order valence-corrected chi connectivity index (χ0v) is 29.8. The van der Waals surface area contributed by atoms with E-state index in [-0.39, 0.29) is 0 Å². The lowest BCUT2D eigenvalue weighted by atomic mass is 9.94. The number of hydrogen-bond acceptors (Lipinski definition) is 1. The number of halogens is 2. The molecule has 0 amide bonds. The third-order valence-electron chi connectivity index (χ3n) is 8.80. The normalized spacial score (nSPS) is 11.1. The van der Waals surface area contributed by atoms with Gasteiger partial charge in [-0.2, -0.15) is 0 Å². The standard InChI is InChI=1S/C42H37Br2N/c1-26-9-7-8-10-37(26)40-18-13-34(23-29(40)4)45(35-14-19-41(30(5)24-35)38-16-11-32(43)21-27(38)2)36-15-20-42(31(6)25-36)39-17-12-33(44)22-28(39)3/h7-25H,1-6H3. The van der Waals surface area contributed by atoms with Crippen molar-refractivity contribution in [2.24, 2.45) is 0 Å². The molecule has 0 radical (unpaired) electrons. The summed E-state index contributed by atoms with van der Waals surface area (Å²) >= 11 is 7.25. The van der Waals surface area contributed by atoms with Crippen molar-refractivity contribution in [3.05, 3.63) is 158 Å². The van der Waals surface area contributed by atoms with Gasteiger partial charge in [-0.15, -0.1) is 0 Å². The van der Waals surface area contributed by atoms with Crippen molar-refractivity contribution in [2.75, 3.05) is 4.90 Å². The first-order valence-corrected chi connectivity index (χ1v) is 16.9. The minimum atomic E-state index is 1.10. The van der Waals surface area contributed by atoms with Crippen LogP contribution in [0.1, 0.15) is 33.4 Å². The Morgan fingerprint density at radius 1 is 0.333 bits per heavy atom. The van der Waals surface area contributed by atoms with Crippen LogP contribution in [0.5, 0.6) is 0 Å². The van der Waals surface area contributed by atoms with E-state index in [1.165, 1.54) is 66.8 Å². The summed E-state index contributed by atoms with van der Waals surface area (Å²) < 4.78 is 2.21. The molecule has 0 saturated carbocycles. The summed E-state index contributed by atoms with van der Waals surface area (Å²) in [7, 11) is 0. The van der Waals surface area contributed by atoms with Gasteiger partial charge in [-0.05, 0) is 169 Å². The van der Waals surface area contributed by atoms with Gasteiger partial charge in [-0.25, -0.2) is 0 Å². The second kappa shape index (κ2) is 12.8. The van der Waals surface area contributed by atoms with Crippen LogP contribution in [0.3, 0.4) is 0 Å². The molecule has 1 nitrogen and oxygen atoms in total. The highest BCUT2D eigenvalue weighted by Gasteiger charge is 2.18. The number of nitrogens with zero attached hydrogens (tertiary/aromatic N) is 1. The number of aryl methyl sites for hydroxylation is 6. The molecule has 0 aliphatic rings. The Kier molecular flexibility index (Phi) is 8.86. The number of hydrogen-bond donors (Lipinski definition) is 0. The Bertz CT molecular complexity index is 1950. The van der Waals surface area contributed by atoms with E-state index >= 15 is 0 Å². The summed E-state index contributed by atoms with van der Waals surface area (Å²) in [6.07, 6.45) is 0. The van der Waals surface area contributed by atoms with Gasteiger partial charge in [-0.3, -0.25) is 0 Å². The lowest BCUT2D eigenvalue weighted by Gasteiger charge is -2.28. The second-order valence-corrected chi connectivity index (χ2v) is 13.9. The maximum Gasteiger partial charge on any atom is 0.0464 e. The van der Waals surface area contributed by atoms with Crippen molar-refractivity contribution < 1.29 is 0 Å². The summed E-state index contributed by atoms with van der Waals surface area (Å²) in [4.78, 5) is 2.39. The van der Waals surface area contributed by atoms with Gasteiger partial charge in [0, 0.05) is 26.0 Å². The highest BCUT2D eigenvalue weighted by molar-refractivity contribution is 9.10. The maximum absolute atomic E-state index is 3.62. The first kappa shape index (κ1) is 31.1. The fraction of sp³-hybridized carbons (Fsp3) is 0.143. The van der Waals surface area contributed by atoms with Crippen LogP contribution in [0.2, 0.25) is 0 Å². The quantitative estimate of drug-likeness (QED) is 0.166. The van der Waals surface area contributed by atoms with Gasteiger partial charge in [0.1, 0.15) is 0 Å². The molecule has 0 aliphatic heterocycles. The van der Waals surface area contributed by atoms with Gasteiger partial charge in [0.15, 0.2) is 0 Å². The molecule has 0 aromatic heterocycles. The Morgan fingerprint density at radius 3 is 0.978 bits per heavy atom. The molecule has 0 saturated heterocycles. The highest BCUT2D eigenvalue weighted by atomic mass is 79.9. The van der Waals surface area contributed by atoms with Crippen LogP contribution >= 0.6 is 31.9 Å². The molecule has 0 aliphatic carbocycles. The zero-order chi connectivity index (χ0) is 31.8. The van der Waals surface area contributed by atoms with Crippen LogP contribution < -0.4 is 4.90 Å². The first-order chi connectivity index (χ1) is 21.6. The molecular weight excluding hydrogens is 678 g/mol. The lowest BCUT2D eigenvalue weighted by Crippen LogP contribution is -2.11. The van der Waals surface area contributed by atoms with Gasteiger partial charge in [0.2, 0.25) is 0 Å². The Morgan fingerprint density at radius 2 is 0.644 bits per heavy atom. The molecule has 0 atom stereocenters. The molecule has 0 heterocycles. The largest absolute Gasteiger partial charge is 0.310 e. The number of benzene rings is 6. The van der Waals surface area contributed by atoms with Crippen molar-refractivity contribution in [2.45, 2.75) is 41.5 Å². The first-order valence-electron chi connectivity index (χ1n) is 15.3. The monoisotopic (exact) mass is 713 g/mol. The number of anilines is 3. The molecule has 0 bridgehead atoms. The number of rotatable bonds is 6. The van der Waals surface area contributed by atoms with Gasteiger partial charge >= 0.3 is 0 Å². The van der Waals surface area contributed by atoms with Crippen LogP contribution in [0.15, 0.2) is 124 Å².